The molecule has 0 saturated carbocycles. The largest absolute Gasteiger partial charge is 0.505 e. The van der Waals surface area contributed by atoms with Crippen molar-refractivity contribution in [2.45, 2.75) is 38.3 Å². The quantitative estimate of drug-likeness (QED) is 0.141. The van der Waals surface area contributed by atoms with E-state index in [0.29, 0.717) is 22.3 Å². The number of imide groups is 2. The zero-order valence-corrected chi connectivity index (χ0v) is 25.5. The molecule has 47 heavy (non-hydrogen) atoms. The van der Waals surface area contributed by atoms with Crippen molar-refractivity contribution in [2.75, 3.05) is 25.1 Å². The standard InChI is InChI=1S/C34H32N6O7/c1-19-17-23(31(43)30-21(19)7-4-13-37-30)29(20-5-3-12-35-18-20)38-27(42)11-15-47-16-14-36-24-8-2-6-22-28(24)34(46)40(33(22)45)25-9-10-26(41)39-32(25)44/h2-8,12-13,17-18,25,29,36,43H,9-11,14-16H2,1H3,(H,38,42)(H,39,41,44). The number of carbonyl (C=O) groups excluding carboxylic acids is 5. The van der Waals surface area contributed by atoms with Crippen LogP contribution in [-0.2, 0) is 19.1 Å². The molecule has 2 atom stereocenters. The second kappa shape index (κ2) is 13.3. The van der Waals surface area contributed by atoms with E-state index in [0.717, 1.165) is 15.8 Å². The molecule has 4 heterocycles. The maximum Gasteiger partial charge on any atom is 0.264 e. The number of hydrogen-bond acceptors (Lipinski definition) is 10. The Bertz CT molecular complexity index is 1900. The lowest BCUT2D eigenvalue weighted by molar-refractivity contribution is -0.136. The van der Waals surface area contributed by atoms with Crippen LogP contribution in [0.1, 0.15) is 62.7 Å². The summed E-state index contributed by atoms with van der Waals surface area (Å²) in [6.45, 7) is 2.49. The Balaban J connectivity index is 1.05. The highest BCUT2D eigenvalue weighted by atomic mass is 16.5. The third-order valence-electron chi connectivity index (χ3n) is 8.24. The number of aromatic hydroxyl groups is 1. The Hall–Kier alpha value is -5.69. The van der Waals surface area contributed by atoms with Crippen molar-refractivity contribution in [1.29, 1.82) is 0 Å². The van der Waals surface area contributed by atoms with E-state index in [-0.39, 0.29) is 61.8 Å². The van der Waals surface area contributed by atoms with Crippen LogP contribution in [-0.4, -0.2) is 75.3 Å². The average Bonchev–Trinajstić information content (AvgIpc) is 3.33. The SMILES string of the molecule is Cc1cc(C(NC(=O)CCOCCNc2cccc3c2C(=O)N(C2CCC(=O)NC2=O)C3=O)c2cccnc2)c(O)c2ncccc12. The lowest BCUT2D eigenvalue weighted by atomic mass is 9.94. The lowest BCUT2D eigenvalue weighted by Gasteiger charge is -2.27. The molecule has 13 nitrogen and oxygen atoms in total. The first kappa shape index (κ1) is 31.3. The van der Waals surface area contributed by atoms with Crippen molar-refractivity contribution >= 4 is 46.1 Å². The van der Waals surface area contributed by atoms with Crippen LogP contribution in [0.4, 0.5) is 5.69 Å². The number of ether oxygens (including phenoxy) is 1. The van der Waals surface area contributed by atoms with Crippen LogP contribution in [0.25, 0.3) is 10.9 Å². The molecule has 2 aromatic heterocycles. The Morgan fingerprint density at radius 3 is 2.70 bits per heavy atom. The van der Waals surface area contributed by atoms with Gasteiger partial charge < -0.3 is 20.5 Å². The molecule has 0 bridgehead atoms. The van der Waals surface area contributed by atoms with Crippen molar-refractivity contribution in [3.05, 3.63) is 94.9 Å². The molecular formula is C34H32N6O7. The summed E-state index contributed by atoms with van der Waals surface area (Å²) in [5, 5.41) is 20.2. The fraction of sp³-hybridized carbons (Fsp3) is 0.265. The van der Waals surface area contributed by atoms with Crippen LogP contribution in [0.15, 0.2) is 67.1 Å². The van der Waals surface area contributed by atoms with Gasteiger partial charge in [0, 0.05) is 54.6 Å². The molecule has 0 spiro atoms. The summed E-state index contributed by atoms with van der Waals surface area (Å²) in [4.78, 5) is 72.7. The fourth-order valence-corrected chi connectivity index (χ4v) is 5.96. The van der Waals surface area contributed by atoms with Crippen molar-refractivity contribution in [2.24, 2.45) is 0 Å². The average molecular weight is 637 g/mol. The normalized spacial score (nSPS) is 16.6. The molecule has 2 unspecified atom stereocenters. The van der Waals surface area contributed by atoms with E-state index in [9.17, 15) is 29.1 Å². The predicted molar refractivity (Wildman–Crippen MR) is 169 cm³/mol. The summed E-state index contributed by atoms with van der Waals surface area (Å²) >= 11 is 0. The summed E-state index contributed by atoms with van der Waals surface area (Å²) in [6, 6.07) is 12.2. The summed E-state index contributed by atoms with van der Waals surface area (Å²) < 4.78 is 5.69. The van der Waals surface area contributed by atoms with Crippen molar-refractivity contribution in [3.63, 3.8) is 0 Å². The number of nitrogens with one attached hydrogen (secondary N) is 3. The smallest absolute Gasteiger partial charge is 0.264 e. The van der Waals surface area contributed by atoms with Crippen molar-refractivity contribution in [1.82, 2.24) is 25.5 Å². The molecule has 0 aliphatic carbocycles. The number of piperidine rings is 1. The Kier molecular flexibility index (Phi) is 8.89. The van der Waals surface area contributed by atoms with E-state index in [1.165, 1.54) is 6.07 Å². The van der Waals surface area contributed by atoms with E-state index < -0.39 is 35.7 Å². The highest BCUT2D eigenvalue weighted by Gasteiger charge is 2.45. The number of phenols is 1. The molecule has 6 rings (SSSR count). The van der Waals surface area contributed by atoms with Gasteiger partial charge in [-0.25, -0.2) is 0 Å². The molecule has 2 aliphatic heterocycles. The van der Waals surface area contributed by atoms with E-state index in [1.54, 1.807) is 42.9 Å². The zero-order chi connectivity index (χ0) is 33.1. The van der Waals surface area contributed by atoms with Gasteiger partial charge in [0.1, 0.15) is 17.3 Å². The van der Waals surface area contributed by atoms with E-state index >= 15 is 0 Å². The van der Waals surface area contributed by atoms with Gasteiger partial charge in [-0.1, -0.05) is 18.2 Å². The first-order valence-corrected chi connectivity index (χ1v) is 15.2. The number of phenolic OH excluding ortho intramolecular Hbond substituents is 1. The first-order valence-electron chi connectivity index (χ1n) is 15.2. The highest BCUT2D eigenvalue weighted by Crippen LogP contribution is 2.36. The molecule has 1 saturated heterocycles. The van der Waals surface area contributed by atoms with E-state index in [4.69, 9.17) is 4.74 Å². The number of benzene rings is 2. The summed E-state index contributed by atoms with van der Waals surface area (Å²) in [7, 11) is 0. The fourth-order valence-electron chi connectivity index (χ4n) is 5.96. The van der Waals surface area contributed by atoms with Gasteiger partial charge in [0.2, 0.25) is 17.7 Å². The van der Waals surface area contributed by atoms with Crippen LogP contribution in [0.5, 0.6) is 5.75 Å². The van der Waals surface area contributed by atoms with Crippen LogP contribution in [0.2, 0.25) is 0 Å². The minimum Gasteiger partial charge on any atom is -0.505 e. The second-order valence-electron chi connectivity index (χ2n) is 11.3. The number of anilines is 1. The predicted octanol–water partition coefficient (Wildman–Crippen LogP) is 2.77. The van der Waals surface area contributed by atoms with Crippen LogP contribution in [0, 0.1) is 6.92 Å². The molecule has 2 aliphatic rings. The van der Waals surface area contributed by atoms with Gasteiger partial charge in [-0.05, 0) is 54.8 Å². The third-order valence-corrected chi connectivity index (χ3v) is 8.24. The number of rotatable bonds is 11. The molecule has 2 aromatic carbocycles. The number of pyridine rings is 2. The Morgan fingerprint density at radius 1 is 1.09 bits per heavy atom. The summed E-state index contributed by atoms with van der Waals surface area (Å²) in [6.07, 6.45) is 5.02. The van der Waals surface area contributed by atoms with Crippen molar-refractivity contribution in [3.8, 4) is 5.75 Å². The van der Waals surface area contributed by atoms with Gasteiger partial charge in [0.05, 0.1) is 30.4 Å². The molecule has 0 radical (unpaired) electrons. The summed E-state index contributed by atoms with van der Waals surface area (Å²) in [5.74, 6) is -2.62. The number of nitrogens with zero attached hydrogens (tertiary/aromatic N) is 3. The number of aromatic nitrogens is 2. The van der Waals surface area contributed by atoms with Gasteiger partial charge >= 0.3 is 0 Å². The number of amides is 5. The minimum absolute atomic E-state index is 0.0181. The van der Waals surface area contributed by atoms with E-state index in [1.807, 2.05) is 25.1 Å². The topological polar surface area (TPSA) is 180 Å². The molecular weight excluding hydrogens is 604 g/mol. The molecule has 4 aromatic rings. The summed E-state index contributed by atoms with van der Waals surface area (Å²) in [5.41, 5.74) is 3.28. The van der Waals surface area contributed by atoms with Crippen molar-refractivity contribution < 1.29 is 33.8 Å². The zero-order valence-electron chi connectivity index (χ0n) is 25.5. The van der Waals surface area contributed by atoms with Gasteiger partial charge in [-0.3, -0.25) is 44.2 Å². The molecule has 1 fully saturated rings. The van der Waals surface area contributed by atoms with Gasteiger partial charge in [-0.2, -0.15) is 0 Å². The number of fused-ring (bicyclic) bond motifs is 2. The molecule has 5 amide bonds. The number of aryl methyl sites for hydroxylation is 1. The maximum absolute atomic E-state index is 13.3. The van der Waals surface area contributed by atoms with Crippen LogP contribution < -0.4 is 16.0 Å². The van der Waals surface area contributed by atoms with E-state index in [2.05, 4.69) is 25.9 Å². The molecule has 4 N–H and O–H groups in total. The van der Waals surface area contributed by atoms with Gasteiger partial charge in [0.15, 0.2) is 0 Å². The Labute approximate surface area is 269 Å². The minimum atomic E-state index is -1.05. The second-order valence-corrected chi connectivity index (χ2v) is 11.3. The monoisotopic (exact) mass is 636 g/mol. The highest BCUT2D eigenvalue weighted by molar-refractivity contribution is 6.25. The Morgan fingerprint density at radius 2 is 1.91 bits per heavy atom. The first-order chi connectivity index (χ1) is 22.7. The number of hydrogen-bond donors (Lipinski definition) is 4. The lowest BCUT2D eigenvalue weighted by Crippen LogP contribution is -2.54. The molecule has 13 heteroatoms. The van der Waals surface area contributed by atoms with Gasteiger partial charge in [0.25, 0.3) is 11.8 Å². The van der Waals surface area contributed by atoms with Crippen LogP contribution in [0.3, 0.4) is 0 Å². The molecule has 240 valence electrons. The maximum atomic E-state index is 13.3. The number of carbonyl (C=O) groups is 5. The third kappa shape index (κ3) is 6.25. The van der Waals surface area contributed by atoms with Crippen LogP contribution >= 0.6 is 0 Å². The van der Waals surface area contributed by atoms with Gasteiger partial charge in [-0.15, -0.1) is 0 Å².